The Hall–Kier alpha value is -1.59. The van der Waals surface area contributed by atoms with Crippen LogP contribution in [0.25, 0.3) is 0 Å². The molecule has 22 heavy (non-hydrogen) atoms. The monoisotopic (exact) mass is 327 g/mol. The second kappa shape index (κ2) is 9.43. The summed E-state index contributed by atoms with van der Waals surface area (Å²) >= 11 is 5.91. The second-order valence-electron chi connectivity index (χ2n) is 5.11. The molecule has 0 aliphatic rings. The third-order valence-corrected chi connectivity index (χ3v) is 3.47. The second-order valence-corrected chi connectivity index (χ2v) is 5.52. The predicted octanol–water partition coefficient (Wildman–Crippen LogP) is 2.53. The number of benzene rings is 1. The Labute approximate surface area is 135 Å². The van der Waals surface area contributed by atoms with Gasteiger partial charge >= 0.3 is 0 Å². The molecule has 0 aromatic heterocycles. The molecule has 1 aromatic carbocycles. The average molecular weight is 328 g/mol. The minimum atomic E-state index is -0.232. The van der Waals surface area contributed by atoms with E-state index in [-0.39, 0.29) is 37.6 Å². The van der Waals surface area contributed by atoms with Crippen molar-refractivity contribution >= 4 is 23.3 Å². The lowest BCUT2D eigenvalue weighted by Gasteiger charge is -2.11. The van der Waals surface area contributed by atoms with E-state index in [1.807, 2.05) is 20.8 Å². The van der Waals surface area contributed by atoms with E-state index in [0.717, 1.165) is 12.0 Å². The Balaban J connectivity index is 2.23. The van der Waals surface area contributed by atoms with Crippen LogP contribution in [-0.4, -0.2) is 37.6 Å². The molecule has 0 radical (unpaired) electrons. The maximum absolute atomic E-state index is 11.6. The van der Waals surface area contributed by atoms with Crippen molar-refractivity contribution in [2.24, 2.45) is 0 Å². The molecule has 1 aromatic rings. The van der Waals surface area contributed by atoms with E-state index in [1.54, 1.807) is 18.2 Å². The van der Waals surface area contributed by atoms with Gasteiger partial charge in [-0.3, -0.25) is 9.59 Å². The van der Waals surface area contributed by atoms with Crippen LogP contribution in [0.4, 0.5) is 0 Å². The summed E-state index contributed by atoms with van der Waals surface area (Å²) in [6.45, 7) is 5.36. The summed E-state index contributed by atoms with van der Waals surface area (Å²) in [7, 11) is 0. The molecule has 1 N–H and O–H groups in total. The van der Waals surface area contributed by atoms with Crippen LogP contribution in [0.15, 0.2) is 18.2 Å². The van der Waals surface area contributed by atoms with Gasteiger partial charge in [0.2, 0.25) is 5.91 Å². The van der Waals surface area contributed by atoms with Gasteiger partial charge in [-0.2, -0.15) is 0 Å². The first-order chi connectivity index (χ1) is 10.4. The molecule has 5 nitrogen and oxygen atoms in total. The lowest BCUT2D eigenvalue weighted by Crippen LogP contribution is -2.35. The lowest BCUT2D eigenvalue weighted by molar-refractivity contribution is -0.131. The number of hydrogen-bond acceptors (Lipinski definition) is 4. The summed E-state index contributed by atoms with van der Waals surface area (Å²) in [5, 5.41) is 3.40. The lowest BCUT2D eigenvalue weighted by atomic mass is 10.2. The molecule has 1 amide bonds. The number of ketones is 1. The number of ether oxygens (including phenoxy) is 2. The van der Waals surface area contributed by atoms with Crippen LogP contribution >= 0.6 is 11.6 Å². The first kappa shape index (κ1) is 18.5. The Morgan fingerprint density at radius 2 is 2.00 bits per heavy atom. The summed E-state index contributed by atoms with van der Waals surface area (Å²) < 4.78 is 10.4. The quantitative estimate of drug-likeness (QED) is 0.757. The van der Waals surface area contributed by atoms with Crippen molar-refractivity contribution in [3.8, 4) is 5.75 Å². The van der Waals surface area contributed by atoms with Gasteiger partial charge in [-0.05, 0) is 44.0 Å². The number of halogens is 1. The molecular formula is C16H22ClNO4. The fraction of sp³-hybridized carbons (Fsp3) is 0.500. The van der Waals surface area contributed by atoms with Gasteiger partial charge in [-0.25, -0.2) is 0 Å². The van der Waals surface area contributed by atoms with E-state index in [0.29, 0.717) is 10.8 Å². The third-order valence-electron chi connectivity index (χ3n) is 3.05. The molecule has 0 fully saturated rings. The smallest absolute Gasteiger partial charge is 0.246 e. The Bertz CT molecular complexity index is 519. The van der Waals surface area contributed by atoms with Crippen LogP contribution < -0.4 is 10.1 Å². The van der Waals surface area contributed by atoms with Gasteiger partial charge in [-0.1, -0.05) is 18.5 Å². The summed E-state index contributed by atoms with van der Waals surface area (Å²) in [4.78, 5) is 23.1. The summed E-state index contributed by atoms with van der Waals surface area (Å²) in [6, 6.07) is 5.27. The van der Waals surface area contributed by atoms with Crippen LogP contribution in [-0.2, 0) is 14.3 Å². The molecule has 0 spiro atoms. The van der Waals surface area contributed by atoms with Crippen molar-refractivity contribution in [2.45, 2.75) is 33.2 Å². The third kappa shape index (κ3) is 6.91. The number of nitrogens with one attached hydrogen (secondary N) is 1. The molecule has 0 saturated carbocycles. The molecular weight excluding hydrogens is 306 g/mol. The standard InChI is InChI=1S/C16H22ClNO4/c1-4-12(3)18-16(20)10-21-8-13(19)9-22-14-5-6-15(17)11(2)7-14/h5-7,12H,4,8-10H2,1-3H3,(H,18,20)/t12-/m1/s1. The van der Waals surface area contributed by atoms with Crippen LogP contribution in [0, 0.1) is 6.92 Å². The summed E-state index contributed by atoms with van der Waals surface area (Å²) in [5.74, 6) is 0.116. The number of hydrogen-bond donors (Lipinski definition) is 1. The minimum absolute atomic E-state index is 0.100. The molecule has 1 rings (SSSR count). The molecule has 122 valence electrons. The van der Waals surface area contributed by atoms with Crippen LogP contribution in [0.3, 0.4) is 0 Å². The van der Waals surface area contributed by atoms with Crippen molar-refractivity contribution in [1.29, 1.82) is 0 Å². The van der Waals surface area contributed by atoms with E-state index in [2.05, 4.69) is 5.32 Å². The van der Waals surface area contributed by atoms with Crippen LogP contribution in [0.1, 0.15) is 25.8 Å². The van der Waals surface area contributed by atoms with Gasteiger partial charge in [0, 0.05) is 11.1 Å². The Kier molecular flexibility index (Phi) is 7.91. The van der Waals surface area contributed by atoms with Gasteiger partial charge < -0.3 is 14.8 Å². The molecule has 1 atom stereocenters. The fourth-order valence-corrected chi connectivity index (χ4v) is 1.71. The summed E-state index contributed by atoms with van der Waals surface area (Å²) in [5.41, 5.74) is 0.879. The first-order valence-electron chi connectivity index (χ1n) is 7.20. The molecule has 0 unspecified atom stereocenters. The highest BCUT2D eigenvalue weighted by Gasteiger charge is 2.08. The van der Waals surface area contributed by atoms with E-state index in [4.69, 9.17) is 21.1 Å². The maximum Gasteiger partial charge on any atom is 0.246 e. The molecule has 0 saturated heterocycles. The van der Waals surface area contributed by atoms with Crippen LogP contribution in [0.2, 0.25) is 5.02 Å². The minimum Gasteiger partial charge on any atom is -0.486 e. The van der Waals surface area contributed by atoms with Crippen molar-refractivity contribution in [3.05, 3.63) is 28.8 Å². The number of Topliss-reactive ketones (excluding diaryl/α,β-unsaturated/α-hetero) is 1. The van der Waals surface area contributed by atoms with Gasteiger partial charge in [0.15, 0.2) is 5.78 Å². The fourth-order valence-electron chi connectivity index (χ4n) is 1.59. The van der Waals surface area contributed by atoms with Crippen molar-refractivity contribution in [1.82, 2.24) is 5.32 Å². The largest absolute Gasteiger partial charge is 0.486 e. The zero-order chi connectivity index (χ0) is 16.5. The highest BCUT2D eigenvalue weighted by Crippen LogP contribution is 2.20. The van der Waals surface area contributed by atoms with Gasteiger partial charge in [0.1, 0.15) is 25.6 Å². The molecule has 0 bridgehead atoms. The zero-order valence-corrected chi connectivity index (χ0v) is 13.9. The number of carbonyl (C=O) groups is 2. The predicted molar refractivity (Wildman–Crippen MR) is 85.4 cm³/mol. The Morgan fingerprint density at radius 1 is 1.27 bits per heavy atom. The van der Waals surface area contributed by atoms with Gasteiger partial charge in [0.25, 0.3) is 0 Å². The number of carbonyl (C=O) groups excluding carboxylic acids is 2. The van der Waals surface area contributed by atoms with Crippen LogP contribution in [0.5, 0.6) is 5.75 Å². The number of rotatable bonds is 9. The van der Waals surface area contributed by atoms with E-state index < -0.39 is 0 Å². The van der Waals surface area contributed by atoms with Gasteiger partial charge in [0.05, 0.1) is 0 Å². The SMILES string of the molecule is CC[C@@H](C)NC(=O)COCC(=O)COc1ccc(Cl)c(C)c1. The Morgan fingerprint density at radius 3 is 2.64 bits per heavy atom. The average Bonchev–Trinajstić information content (AvgIpc) is 2.48. The molecule has 0 heterocycles. The first-order valence-corrected chi connectivity index (χ1v) is 7.58. The van der Waals surface area contributed by atoms with Gasteiger partial charge in [-0.15, -0.1) is 0 Å². The molecule has 0 aliphatic carbocycles. The topological polar surface area (TPSA) is 64.6 Å². The van der Waals surface area contributed by atoms with Crippen molar-refractivity contribution in [2.75, 3.05) is 19.8 Å². The highest BCUT2D eigenvalue weighted by molar-refractivity contribution is 6.31. The molecule has 0 aliphatic heterocycles. The maximum atomic E-state index is 11.6. The molecule has 6 heteroatoms. The van der Waals surface area contributed by atoms with E-state index in [1.165, 1.54) is 0 Å². The summed E-state index contributed by atoms with van der Waals surface area (Å²) in [6.07, 6.45) is 0.846. The number of aryl methyl sites for hydroxylation is 1. The van der Waals surface area contributed by atoms with E-state index >= 15 is 0 Å². The van der Waals surface area contributed by atoms with E-state index in [9.17, 15) is 9.59 Å². The number of amides is 1. The van der Waals surface area contributed by atoms with Crippen molar-refractivity contribution in [3.63, 3.8) is 0 Å². The zero-order valence-electron chi connectivity index (χ0n) is 13.1. The normalized spacial score (nSPS) is 11.8. The van der Waals surface area contributed by atoms with Crippen molar-refractivity contribution < 1.29 is 19.1 Å². The highest BCUT2D eigenvalue weighted by atomic mass is 35.5.